The highest BCUT2D eigenvalue weighted by Crippen LogP contribution is 2.49. The minimum Gasteiger partial charge on any atom is -0.494 e. The van der Waals surface area contributed by atoms with Crippen molar-refractivity contribution in [2.45, 2.75) is 12.8 Å². The van der Waals surface area contributed by atoms with E-state index in [-0.39, 0.29) is 25.3 Å². The van der Waals surface area contributed by atoms with Gasteiger partial charge in [0, 0.05) is 17.7 Å². The standard InChI is InChI=1S/C20H17NO5/c1-2-23-12-5-3-4-11(6-12)18-13-7-16-17(26-10-25-16)8-14(13)21-15-9-24-20(22)19(15)18/h3-8,18,21H,2,9-10H2,1H3. The van der Waals surface area contributed by atoms with Gasteiger partial charge in [0.15, 0.2) is 11.5 Å². The fourth-order valence-corrected chi connectivity index (χ4v) is 3.73. The van der Waals surface area contributed by atoms with Crippen molar-refractivity contribution in [2.24, 2.45) is 0 Å². The maximum Gasteiger partial charge on any atom is 0.337 e. The van der Waals surface area contributed by atoms with Crippen LogP contribution in [0.15, 0.2) is 47.7 Å². The average Bonchev–Trinajstić information content (AvgIpc) is 3.25. The molecule has 0 bridgehead atoms. The highest BCUT2D eigenvalue weighted by Gasteiger charge is 2.39. The van der Waals surface area contributed by atoms with Gasteiger partial charge < -0.3 is 24.3 Å². The highest BCUT2D eigenvalue weighted by molar-refractivity contribution is 5.97. The summed E-state index contributed by atoms with van der Waals surface area (Å²) in [5, 5.41) is 3.33. The molecule has 0 saturated carbocycles. The number of ether oxygens (including phenoxy) is 4. The van der Waals surface area contributed by atoms with Crippen LogP contribution in [0.25, 0.3) is 0 Å². The molecule has 0 saturated heterocycles. The van der Waals surface area contributed by atoms with Crippen LogP contribution in [0.4, 0.5) is 5.69 Å². The van der Waals surface area contributed by atoms with Crippen molar-refractivity contribution in [1.29, 1.82) is 0 Å². The molecule has 26 heavy (non-hydrogen) atoms. The lowest BCUT2D eigenvalue weighted by molar-refractivity contribution is -0.136. The van der Waals surface area contributed by atoms with Gasteiger partial charge in [-0.1, -0.05) is 12.1 Å². The lowest BCUT2D eigenvalue weighted by Crippen LogP contribution is -2.19. The monoisotopic (exact) mass is 351 g/mol. The third kappa shape index (κ3) is 2.22. The minimum atomic E-state index is -0.289. The molecule has 0 radical (unpaired) electrons. The average molecular weight is 351 g/mol. The summed E-state index contributed by atoms with van der Waals surface area (Å²) in [5.41, 5.74) is 4.28. The zero-order chi connectivity index (χ0) is 17.7. The maximum absolute atomic E-state index is 12.4. The van der Waals surface area contributed by atoms with Crippen molar-refractivity contribution in [3.8, 4) is 17.2 Å². The number of carbonyl (C=O) groups is 1. The number of nitrogens with one attached hydrogen (secondary N) is 1. The van der Waals surface area contributed by atoms with E-state index in [0.717, 1.165) is 28.3 Å². The number of benzene rings is 2. The van der Waals surface area contributed by atoms with Crippen LogP contribution in [0.2, 0.25) is 0 Å². The molecule has 0 spiro atoms. The van der Waals surface area contributed by atoms with Crippen LogP contribution in [-0.2, 0) is 9.53 Å². The third-order valence-corrected chi connectivity index (χ3v) is 4.83. The highest BCUT2D eigenvalue weighted by atomic mass is 16.7. The Bertz CT molecular complexity index is 949. The molecule has 2 aromatic rings. The summed E-state index contributed by atoms with van der Waals surface area (Å²) in [7, 11) is 0. The Hall–Kier alpha value is -3.15. The second-order valence-corrected chi connectivity index (χ2v) is 6.32. The Balaban J connectivity index is 1.69. The molecule has 3 aliphatic heterocycles. The maximum atomic E-state index is 12.4. The summed E-state index contributed by atoms with van der Waals surface area (Å²) in [4.78, 5) is 12.4. The Labute approximate surface area is 150 Å². The molecule has 132 valence electrons. The van der Waals surface area contributed by atoms with Crippen LogP contribution in [0.1, 0.15) is 24.0 Å². The summed E-state index contributed by atoms with van der Waals surface area (Å²) in [6.07, 6.45) is 0. The van der Waals surface area contributed by atoms with Gasteiger partial charge in [-0.2, -0.15) is 0 Å². The minimum absolute atomic E-state index is 0.206. The zero-order valence-corrected chi connectivity index (χ0v) is 14.2. The molecule has 0 aliphatic carbocycles. The molecular weight excluding hydrogens is 334 g/mol. The molecule has 6 heteroatoms. The van der Waals surface area contributed by atoms with Gasteiger partial charge in [0.05, 0.1) is 17.9 Å². The molecule has 3 aliphatic rings. The first kappa shape index (κ1) is 15.1. The fourth-order valence-electron chi connectivity index (χ4n) is 3.73. The van der Waals surface area contributed by atoms with Crippen molar-refractivity contribution in [1.82, 2.24) is 0 Å². The number of cyclic esters (lactones) is 1. The van der Waals surface area contributed by atoms with Gasteiger partial charge >= 0.3 is 5.97 Å². The molecule has 0 amide bonds. The first-order chi connectivity index (χ1) is 12.7. The number of rotatable bonds is 3. The molecular formula is C20H17NO5. The molecule has 6 nitrogen and oxygen atoms in total. The number of hydrogen-bond donors (Lipinski definition) is 1. The number of fused-ring (bicyclic) bond motifs is 2. The lowest BCUT2D eigenvalue weighted by atomic mass is 9.81. The molecule has 3 heterocycles. The quantitative estimate of drug-likeness (QED) is 0.857. The first-order valence-corrected chi connectivity index (χ1v) is 8.58. The smallest absolute Gasteiger partial charge is 0.337 e. The normalized spacial score (nSPS) is 19.6. The first-order valence-electron chi connectivity index (χ1n) is 8.58. The third-order valence-electron chi connectivity index (χ3n) is 4.83. The predicted molar refractivity (Wildman–Crippen MR) is 93.6 cm³/mol. The van der Waals surface area contributed by atoms with Gasteiger partial charge in [0.2, 0.25) is 6.79 Å². The van der Waals surface area contributed by atoms with E-state index in [2.05, 4.69) is 5.32 Å². The SMILES string of the molecule is CCOc1cccc(C2C3=C(COC3=O)Nc3cc4c(cc32)OCO4)c1. The Morgan fingerprint density at radius 3 is 2.85 bits per heavy atom. The van der Waals surface area contributed by atoms with Gasteiger partial charge in [-0.05, 0) is 36.2 Å². The summed E-state index contributed by atoms with van der Waals surface area (Å²) in [5.74, 6) is 1.63. The number of hydrogen-bond acceptors (Lipinski definition) is 6. The molecule has 1 N–H and O–H groups in total. The van der Waals surface area contributed by atoms with Crippen LogP contribution in [0, 0.1) is 0 Å². The summed E-state index contributed by atoms with van der Waals surface area (Å²) >= 11 is 0. The van der Waals surface area contributed by atoms with E-state index in [1.165, 1.54) is 0 Å². The topological polar surface area (TPSA) is 66.0 Å². The van der Waals surface area contributed by atoms with Crippen molar-refractivity contribution in [3.63, 3.8) is 0 Å². The van der Waals surface area contributed by atoms with E-state index < -0.39 is 0 Å². The van der Waals surface area contributed by atoms with E-state index in [1.54, 1.807) is 0 Å². The summed E-state index contributed by atoms with van der Waals surface area (Å²) in [6.45, 7) is 2.99. The molecule has 5 rings (SSSR count). The fraction of sp³-hybridized carbons (Fsp3) is 0.250. The van der Waals surface area contributed by atoms with Gasteiger partial charge in [0.1, 0.15) is 12.4 Å². The molecule has 1 atom stereocenters. The largest absolute Gasteiger partial charge is 0.494 e. The van der Waals surface area contributed by atoms with Crippen molar-refractivity contribution < 1.29 is 23.7 Å². The molecule has 0 aromatic heterocycles. The number of anilines is 1. The van der Waals surface area contributed by atoms with Gasteiger partial charge in [-0.25, -0.2) is 4.79 Å². The van der Waals surface area contributed by atoms with Crippen molar-refractivity contribution in [3.05, 3.63) is 58.8 Å². The molecule has 0 fully saturated rings. The van der Waals surface area contributed by atoms with Gasteiger partial charge in [-0.15, -0.1) is 0 Å². The van der Waals surface area contributed by atoms with E-state index >= 15 is 0 Å². The summed E-state index contributed by atoms with van der Waals surface area (Å²) in [6, 6.07) is 11.7. The number of esters is 1. The van der Waals surface area contributed by atoms with E-state index in [9.17, 15) is 4.79 Å². The van der Waals surface area contributed by atoms with Gasteiger partial charge in [0.25, 0.3) is 0 Å². The van der Waals surface area contributed by atoms with Crippen LogP contribution < -0.4 is 19.5 Å². The molecule has 1 unspecified atom stereocenters. The zero-order valence-electron chi connectivity index (χ0n) is 14.2. The van der Waals surface area contributed by atoms with E-state index in [0.29, 0.717) is 23.7 Å². The Kier molecular flexibility index (Phi) is 3.31. The van der Waals surface area contributed by atoms with E-state index in [4.69, 9.17) is 18.9 Å². The number of carbonyl (C=O) groups excluding carboxylic acids is 1. The van der Waals surface area contributed by atoms with Crippen molar-refractivity contribution in [2.75, 3.05) is 25.3 Å². The van der Waals surface area contributed by atoms with Crippen LogP contribution in [-0.4, -0.2) is 26.0 Å². The predicted octanol–water partition coefficient (Wildman–Crippen LogP) is 3.18. The lowest BCUT2D eigenvalue weighted by Gasteiger charge is -2.27. The van der Waals surface area contributed by atoms with Crippen LogP contribution >= 0.6 is 0 Å². The van der Waals surface area contributed by atoms with E-state index in [1.807, 2.05) is 43.3 Å². The van der Waals surface area contributed by atoms with Crippen LogP contribution in [0.3, 0.4) is 0 Å². The summed E-state index contributed by atoms with van der Waals surface area (Å²) < 4.78 is 22.0. The second-order valence-electron chi connectivity index (χ2n) is 6.32. The Morgan fingerprint density at radius 2 is 2.00 bits per heavy atom. The molecule has 2 aromatic carbocycles. The van der Waals surface area contributed by atoms with Crippen LogP contribution in [0.5, 0.6) is 17.2 Å². The van der Waals surface area contributed by atoms with Gasteiger partial charge in [-0.3, -0.25) is 0 Å². The van der Waals surface area contributed by atoms with Crippen molar-refractivity contribution >= 4 is 11.7 Å². The second kappa shape index (κ2) is 5.69. The Morgan fingerprint density at radius 1 is 1.15 bits per heavy atom.